The van der Waals surface area contributed by atoms with E-state index < -0.39 is 0 Å². The smallest absolute Gasteiger partial charge is 0.338 e. The van der Waals surface area contributed by atoms with Crippen molar-refractivity contribution in [2.45, 2.75) is 13.3 Å². The molecule has 0 saturated heterocycles. The molecule has 0 aliphatic carbocycles. The Morgan fingerprint density at radius 1 is 1.00 bits per heavy atom. The van der Waals surface area contributed by atoms with Gasteiger partial charge in [-0.25, -0.2) is 4.79 Å². The molecule has 0 unspecified atom stereocenters. The molecule has 2 heteroatoms. The van der Waals surface area contributed by atoms with E-state index in [1.54, 1.807) is 12.1 Å². The lowest BCUT2D eigenvalue weighted by Gasteiger charge is -2.06. The molecule has 0 saturated carbocycles. The first kappa shape index (κ1) is 13.1. The number of hydrogen-bond donors (Lipinski definition) is 0. The van der Waals surface area contributed by atoms with Gasteiger partial charge in [-0.2, -0.15) is 0 Å². The minimum Gasteiger partial charge on any atom is -0.423 e. The third kappa shape index (κ3) is 3.32. The second kappa shape index (κ2) is 6.01. The molecule has 0 radical (unpaired) electrons. The van der Waals surface area contributed by atoms with Crippen LogP contribution in [0.4, 0.5) is 0 Å². The van der Waals surface area contributed by atoms with Crippen LogP contribution in [0.15, 0.2) is 66.7 Å². The fourth-order valence-electron chi connectivity index (χ4n) is 1.67. The number of carbonyl (C=O) groups excluding carboxylic acids is 1. The van der Waals surface area contributed by atoms with E-state index in [4.69, 9.17) is 4.74 Å². The minimum absolute atomic E-state index is 0.366. The van der Waals surface area contributed by atoms with Crippen LogP contribution in [-0.2, 0) is 4.79 Å². The topological polar surface area (TPSA) is 26.3 Å². The van der Waals surface area contributed by atoms with Gasteiger partial charge in [0.05, 0.1) is 0 Å². The maximum atomic E-state index is 11.6. The molecule has 0 N–H and O–H groups in total. The van der Waals surface area contributed by atoms with E-state index >= 15 is 0 Å². The summed E-state index contributed by atoms with van der Waals surface area (Å²) in [6, 6.07) is 17.5. The number of carbonyl (C=O) groups is 1. The summed E-state index contributed by atoms with van der Waals surface area (Å²) < 4.78 is 5.22. The van der Waals surface area contributed by atoms with Gasteiger partial charge in [0.2, 0.25) is 0 Å². The molecule has 2 nitrogen and oxygen atoms in total. The number of ether oxygens (including phenoxy) is 1. The highest BCUT2D eigenvalue weighted by atomic mass is 16.5. The van der Waals surface area contributed by atoms with Crippen LogP contribution in [-0.4, -0.2) is 5.97 Å². The molecular formula is C17H16O2. The molecular weight excluding hydrogens is 236 g/mol. The largest absolute Gasteiger partial charge is 0.423 e. The van der Waals surface area contributed by atoms with Crippen molar-refractivity contribution in [2.24, 2.45) is 0 Å². The van der Waals surface area contributed by atoms with Crippen LogP contribution in [0.25, 0.3) is 11.1 Å². The molecule has 0 aromatic heterocycles. The van der Waals surface area contributed by atoms with Crippen LogP contribution in [0.5, 0.6) is 5.75 Å². The zero-order valence-electron chi connectivity index (χ0n) is 10.9. The molecule has 2 aromatic rings. The van der Waals surface area contributed by atoms with Gasteiger partial charge < -0.3 is 4.74 Å². The van der Waals surface area contributed by atoms with Crippen molar-refractivity contribution in [3.8, 4) is 16.9 Å². The summed E-state index contributed by atoms with van der Waals surface area (Å²) in [6.45, 7) is 5.54. The minimum atomic E-state index is -0.366. The van der Waals surface area contributed by atoms with Gasteiger partial charge in [-0.3, -0.25) is 0 Å². The average Bonchev–Trinajstić information content (AvgIpc) is 2.48. The molecule has 0 spiro atoms. The van der Waals surface area contributed by atoms with E-state index in [1.165, 1.54) is 0 Å². The Kier molecular flexibility index (Phi) is 4.14. The first-order chi connectivity index (χ1) is 9.20. The lowest BCUT2D eigenvalue weighted by molar-refractivity contribution is -0.130. The zero-order valence-corrected chi connectivity index (χ0v) is 10.9. The highest BCUT2D eigenvalue weighted by molar-refractivity contribution is 5.89. The molecule has 0 atom stereocenters. The second-order valence-corrected chi connectivity index (χ2v) is 4.24. The van der Waals surface area contributed by atoms with Crippen molar-refractivity contribution in [1.29, 1.82) is 0 Å². The number of rotatable bonds is 4. The predicted octanol–water partition coefficient (Wildman–Crippen LogP) is 4.23. The van der Waals surface area contributed by atoms with Crippen LogP contribution in [0, 0.1) is 0 Å². The van der Waals surface area contributed by atoms with Crippen LogP contribution in [0.1, 0.15) is 13.3 Å². The Balaban J connectivity index is 2.11. The summed E-state index contributed by atoms with van der Waals surface area (Å²) >= 11 is 0. The molecule has 0 bridgehead atoms. The third-order valence-electron chi connectivity index (χ3n) is 2.89. The summed E-state index contributed by atoms with van der Waals surface area (Å²) in [7, 11) is 0. The Bertz CT molecular complexity index is 568. The summed E-state index contributed by atoms with van der Waals surface area (Å²) in [5, 5.41) is 0. The second-order valence-electron chi connectivity index (χ2n) is 4.24. The van der Waals surface area contributed by atoms with Crippen LogP contribution in [0.3, 0.4) is 0 Å². The van der Waals surface area contributed by atoms with Crippen molar-refractivity contribution in [1.82, 2.24) is 0 Å². The van der Waals surface area contributed by atoms with Gasteiger partial charge in [-0.1, -0.05) is 56.0 Å². The molecule has 0 heterocycles. The molecule has 19 heavy (non-hydrogen) atoms. The molecule has 2 aromatic carbocycles. The molecule has 0 fully saturated rings. The van der Waals surface area contributed by atoms with E-state index in [0.717, 1.165) is 11.1 Å². The highest BCUT2D eigenvalue weighted by Crippen LogP contribution is 2.22. The summed E-state index contributed by atoms with van der Waals surface area (Å²) in [4.78, 5) is 11.6. The molecule has 0 aliphatic heterocycles. The lowest BCUT2D eigenvalue weighted by Crippen LogP contribution is -2.09. The molecule has 0 amide bonds. The zero-order chi connectivity index (χ0) is 13.7. The van der Waals surface area contributed by atoms with E-state index in [0.29, 0.717) is 17.7 Å². The van der Waals surface area contributed by atoms with E-state index in [2.05, 4.69) is 6.58 Å². The molecule has 0 aliphatic rings. The normalized spacial score (nSPS) is 9.95. The predicted molar refractivity (Wildman–Crippen MR) is 76.9 cm³/mol. The lowest BCUT2D eigenvalue weighted by atomic mass is 10.1. The first-order valence-electron chi connectivity index (χ1n) is 6.26. The fourth-order valence-corrected chi connectivity index (χ4v) is 1.67. The maximum absolute atomic E-state index is 11.6. The number of esters is 1. The van der Waals surface area contributed by atoms with Crippen molar-refractivity contribution >= 4 is 5.97 Å². The highest BCUT2D eigenvalue weighted by Gasteiger charge is 2.07. The van der Waals surface area contributed by atoms with E-state index in [-0.39, 0.29) is 5.97 Å². The van der Waals surface area contributed by atoms with Gasteiger partial charge in [0.25, 0.3) is 0 Å². The fraction of sp³-hybridized carbons (Fsp3) is 0.118. The van der Waals surface area contributed by atoms with Gasteiger partial charge >= 0.3 is 5.97 Å². The van der Waals surface area contributed by atoms with Crippen molar-refractivity contribution in [3.05, 3.63) is 66.7 Å². The average molecular weight is 252 g/mol. The quantitative estimate of drug-likeness (QED) is 0.462. The van der Waals surface area contributed by atoms with Gasteiger partial charge in [0.15, 0.2) is 0 Å². The van der Waals surface area contributed by atoms with Crippen molar-refractivity contribution < 1.29 is 9.53 Å². The monoisotopic (exact) mass is 252 g/mol. The van der Waals surface area contributed by atoms with E-state index in [1.807, 2.05) is 49.4 Å². The number of hydrogen-bond acceptors (Lipinski definition) is 2. The summed E-state index contributed by atoms with van der Waals surface area (Å²) in [5.41, 5.74) is 2.71. The van der Waals surface area contributed by atoms with Crippen LogP contribution >= 0.6 is 0 Å². The Morgan fingerprint density at radius 3 is 2.16 bits per heavy atom. The first-order valence-corrected chi connectivity index (χ1v) is 6.26. The van der Waals surface area contributed by atoms with Crippen molar-refractivity contribution in [2.75, 3.05) is 0 Å². The number of benzene rings is 2. The van der Waals surface area contributed by atoms with Gasteiger partial charge in [0.1, 0.15) is 5.75 Å². The van der Waals surface area contributed by atoms with Crippen molar-refractivity contribution in [3.63, 3.8) is 0 Å². The standard InChI is InChI=1S/C17H16O2/c1-3-13(2)17(18)19-16-11-9-15(10-12-16)14-7-5-4-6-8-14/h4-12H,2-3H2,1H3. The molecule has 96 valence electrons. The summed E-state index contributed by atoms with van der Waals surface area (Å²) in [6.07, 6.45) is 0.598. The Labute approximate surface area is 113 Å². The van der Waals surface area contributed by atoms with E-state index in [9.17, 15) is 4.79 Å². The van der Waals surface area contributed by atoms with Gasteiger partial charge in [-0.05, 0) is 29.7 Å². The summed E-state index contributed by atoms with van der Waals surface area (Å²) in [5.74, 6) is 0.175. The van der Waals surface area contributed by atoms with Crippen LogP contribution < -0.4 is 4.74 Å². The third-order valence-corrected chi connectivity index (χ3v) is 2.89. The molecule has 2 rings (SSSR count). The van der Waals surface area contributed by atoms with Gasteiger partial charge in [-0.15, -0.1) is 0 Å². The SMILES string of the molecule is C=C(CC)C(=O)Oc1ccc(-c2ccccc2)cc1. The Hall–Kier alpha value is -2.35. The maximum Gasteiger partial charge on any atom is 0.338 e. The Morgan fingerprint density at radius 2 is 1.58 bits per heavy atom. The van der Waals surface area contributed by atoms with Gasteiger partial charge in [0, 0.05) is 5.57 Å². The van der Waals surface area contributed by atoms with Crippen LogP contribution in [0.2, 0.25) is 0 Å².